The quantitative estimate of drug-likeness (QED) is 0.901. The third-order valence-corrected chi connectivity index (χ3v) is 4.46. The fourth-order valence-corrected chi connectivity index (χ4v) is 3.33. The second-order valence-corrected chi connectivity index (χ2v) is 6.09. The predicted octanol–water partition coefficient (Wildman–Crippen LogP) is 2.71. The summed E-state index contributed by atoms with van der Waals surface area (Å²) in [5.41, 5.74) is 2.84. The molecule has 2 atom stereocenters. The normalized spacial score (nSPS) is 18.2. The van der Waals surface area contributed by atoms with Gasteiger partial charge in [-0.15, -0.1) is 0 Å². The van der Waals surface area contributed by atoms with E-state index in [-0.39, 0.29) is 23.8 Å². The molecular formula is C20H22N2O3. The van der Waals surface area contributed by atoms with Crippen LogP contribution in [-0.4, -0.2) is 31.5 Å². The van der Waals surface area contributed by atoms with Crippen LogP contribution in [0.1, 0.15) is 51.6 Å². The molecule has 1 heterocycles. The third-order valence-electron chi connectivity index (χ3n) is 4.46. The van der Waals surface area contributed by atoms with Crippen molar-refractivity contribution in [3.8, 4) is 5.75 Å². The summed E-state index contributed by atoms with van der Waals surface area (Å²) >= 11 is 0. The molecule has 0 saturated heterocycles. The van der Waals surface area contributed by atoms with Crippen molar-refractivity contribution in [3.63, 3.8) is 0 Å². The Morgan fingerprint density at radius 3 is 2.48 bits per heavy atom. The molecule has 0 saturated carbocycles. The van der Waals surface area contributed by atoms with Crippen molar-refractivity contribution < 1.29 is 14.3 Å². The van der Waals surface area contributed by atoms with Crippen LogP contribution in [-0.2, 0) is 0 Å². The first kappa shape index (κ1) is 17.0. The summed E-state index contributed by atoms with van der Waals surface area (Å²) in [6.07, 6.45) is -0.120. The summed E-state index contributed by atoms with van der Waals surface area (Å²) in [6.45, 7) is 4.38. The highest BCUT2D eigenvalue weighted by atomic mass is 16.5. The second-order valence-electron chi connectivity index (χ2n) is 6.09. The zero-order valence-corrected chi connectivity index (χ0v) is 14.6. The van der Waals surface area contributed by atoms with Gasteiger partial charge in [-0.3, -0.25) is 9.59 Å². The van der Waals surface area contributed by atoms with Gasteiger partial charge >= 0.3 is 0 Å². The van der Waals surface area contributed by atoms with Gasteiger partial charge in [0.1, 0.15) is 11.9 Å². The fourth-order valence-electron chi connectivity index (χ4n) is 3.33. The maximum absolute atomic E-state index is 12.3. The Kier molecular flexibility index (Phi) is 4.74. The van der Waals surface area contributed by atoms with E-state index in [0.717, 1.165) is 11.1 Å². The van der Waals surface area contributed by atoms with Gasteiger partial charge in [-0.05, 0) is 31.5 Å². The van der Waals surface area contributed by atoms with Gasteiger partial charge in [0, 0.05) is 30.6 Å². The second kappa shape index (κ2) is 6.97. The lowest BCUT2D eigenvalue weighted by Crippen LogP contribution is -2.24. The maximum atomic E-state index is 12.3. The van der Waals surface area contributed by atoms with Gasteiger partial charge in [0.15, 0.2) is 0 Å². The highest BCUT2D eigenvalue weighted by molar-refractivity contribution is 6.02. The van der Waals surface area contributed by atoms with Gasteiger partial charge in [0.25, 0.3) is 11.8 Å². The van der Waals surface area contributed by atoms with E-state index in [1.165, 1.54) is 0 Å². The Labute approximate surface area is 147 Å². The number of rotatable bonds is 4. The van der Waals surface area contributed by atoms with Gasteiger partial charge in [-0.25, -0.2) is 0 Å². The molecular weight excluding hydrogens is 316 g/mol. The molecule has 0 aliphatic carbocycles. The minimum atomic E-state index is -0.261. The summed E-state index contributed by atoms with van der Waals surface area (Å²) in [4.78, 5) is 24.7. The molecule has 5 nitrogen and oxygen atoms in total. The molecule has 3 rings (SSSR count). The van der Waals surface area contributed by atoms with Gasteiger partial charge in [-0.2, -0.15) is 0 Å². The Balaban J connectivity index is 2.16. The first-order valence-corrected chi connectivity index (χ1v) is 8.46. The van der Waals surface area contributed by atoms with Gasteiger partial charge in [-0.1, -0.05) is 30.3 Å². The summed E-state index contributed by atoms with van der Waals surface area (Å²) in [7, 11) is 1.57. The van der Waals surface area contributed by atoms with Crippen LogP contribution in [0.25, 0.3) is 0 Å². The van der Waals surface area contributed by atoms with E-state index in [2.05, 4.69) is 10.6 Å². The van der Waals surface area contributed by atoms with Crippen LogP contribution < -0.4 is 15.4 Å². The average molecular weight is 338 g/mol. The van der Waals surface area contributed by atoms with E-state index in [4.69, 9.17) is 4.74 Å². The van der Waals surface area contributed by atoms with E-state index >= 15 is 0 Å². The van der Waals surface area contributed by atoms with Gasteiger partial charge in [0.2, 0.25) is 0 Å². The van der Waals surface area contributed by atoms with E-state index in [1.54, 1.807) is 13.1 Å². The van der Waals surface area contributed by atoms with E-state index in [9.17, 15) is 9.59 Å². The van der Waals surface area contributed by atoms with Crippen LogP contribution in [0.2, 0.25) is 0 Å². The monoisotopic (exact) mass is 338 g/mol. The molecule has 0 aromatic heterocycles. The van der Waals surface area contributed by atoms with Gasteiger partial charge in [0.05, 0.1) is 5.56 Å². The van der Waals surface area contributed by atoms with E-state index in [0.29, 0.717) is 23.4 Å². The van der Waals surface area contributed by atoms with Crippen LogP contribution in [0.3, 0.4) is 0 Å². The van der Waals surface area contributed by atoms with Crippen LogP contribution in [0.5, 0.6) is 5.75 Å². The van der Waals surface area contributed by atoms with Crippen molar-refractivity contribution in [2.24, 2.45) is 0 Å². The van der Waals surface area contributed by atoms with E-state index < -0.39 is 0 Å². The molecule has 0 spiro atoms. The number of hydrogen-bond donors (Lipinski definition) is 2. The lowest BCUT2D eigenvalue weighted by atomic mass is 9.87. The molecule has 25 heavy (non-hydrogen) atoms. The first-order valence-electron chi connectivity index (χ1n) is 8.46. The van der Waals surface area contributed by atoms with Crippen LogP contribution in [0.15, 0.2) is 42.5 Å². The Hall–Kier alpha value is -2.82. The number of carbonyl (C=O) groups excluding carboxylic acids is 2. The molecule has 1 aliphatic heterocycles. The van der Waals surface area contributed by atoms with Crippen LogP contribution >= 0.6 is 0 Å². The molecule has 0 radical (unpaired) electrons. The average Bonchev–Trinajstić information content (AvgIpc) is 2.96. The number of nitrogens with one attached hydrogen (secondary N) is 2. The minimum Gasteiger partial charge on any atom is -0.489 e. The number of carbonyl (C=O) groups is 2. The fraction of sp³-hybridized carbons (Fsp3) is 0.300. The third kappa shape index (κ3) is 3.09. The van der Waals surface area contributed by atoms with Crippen molar-refractivity contribution in [2.45, 2.75) is 25.9 Å². The highest BCUT2D eigenvalue weighted by Crippen LogP contribution is 2.44. The molecule has 0 fully saturated rings. The predicted molar refractivity (Wildman–Crippen MR) is 96.2 cm³/mol. The summed E-state index contributed by atoms with van der Waals surface area (Å²) in [6, 6.07) is 13.4. The topological polar surface area (TPSA) is 67.4 Å². The largest absolute Gasteiger partial charge is 0.489 e. The molecule has 2 aromatic carbocycles. The number of hydrogen-bond acceptors (Lipinski definition) is 3. The van der Waals surface area contributed by atoms with Crippen molar-refractivity contribution >= 4 is 11.8 Å². The van der Waals surface area contributed by atoms with Gasteiger partial charge < -0.3 is 15.4 Å². The molecule has 5 heteroatoms. The minimum absolute atomic E-state index is 0.0195. The smallest absolute Gasteiger partial charge is 0.254 e. The van der Waals surface area contributed by atoms with Crippen LogP contribution in [0.4, 0.5) is 0 Å². The lowest BCUT2D eigenvalue weighted by Gasteiger charge is -2.15. The standard InChI is InChI=1S/C20H22N2O3/c1-4-22-19(23)14-10-15-17(13-8-6-5-7-9-13)12(2)25-18(15)16(11-14)20(24)21-3/h5-12,17H,4H2,1-3H3,(H,21,24)(H,22,23)/t12-,17+/m1/s1. The Morgan fingerprint density at radius 1 is 1.12 bits per heavy atom. The zero-order valence-electron chi connectivity index (χ0n) is 14.6. The molecule has 1 aliphatic rings. The number of ether oxygens (including phenoxy) is 1. The summed E-state index contributed by atoms with van der Waals surface area (Å²) in [5, 5.41) is 5.42. The van der Waals surface area contributed by atoms with Crippen molar-refractivity contribution in [1.82, 2.24) is 10.6 Å². The Bertz CT molecular complexity index is 802. The van der Waals surface area contributed by atoms with E-state index in [1.807, 2.05) is 50.2 Å². The molecule has 2 N–H and O–H groups in total. The Morgan fingerprint density at radius 2 is 1.84 bits per heavy atom. The van der Waals surface area contributed by atoms with Crippen LogP contribution in [0, 0.1) is 0 Å². The molecule has 130 valence electrons. The number of amides is 2. The summed E-state index contributed by atoms with van der Waals surface area (Å²) < 4.78 is 6.03. The van der Waals surface area contributed by atoms with Crippen molar-refractivity contribution in [3.05, 3.63) is 64.7 Å². The number of benzene rings is 2. The molecule has 0 bridgehead atoms. The summed E-state index contributed by atoms with van der Waals surface area (Å²) in [5.74, 6) is 0.0906. The maximum Gasteiger partial charge on any atom is 0.254 e. The molecule has 0 unspecified atom stereocenters. The number of fused-ring (bicyclic) bond motifs is 1. The SMILES string of the molecule is CCNC(=O)c1cc(C(=O)NC)c2c(c1)[C@H](c1ccccc1)[C@@H](C)O2. The first-order chi connectivity index (χ1) is 12.1. The lowest BCUT2D eigenvalue weighted by molar-refractivity contribution is 0.0955. The molecule has 2 aromatic rings. The zero-order chi connectivity index (χ0) is 18.0. The molecule has 2 amide bonds. The van der Waals surface area contributed by atoms with Crippen molar-refractivity contribution in [2.75, 3.05) is 13.6 Å². The van der Waals surface area contributed by atoms with Crippen molar-refractivity contribution in [1.29, 1.82) is 0 Å². The highest BCUT2D eigenvalue weighted by Gasteiger charge is 2.36.